The van der Waals surface area contributed by atoms with Gasteiger partial charge in [0.05, 0.1) is 0 Å². The van der Waals surface area contributed by atoms with Crippen LogP contribution in [0.15, 0.2) is 48.8 Å². The smallest absolute Gasteiger partial charge is 0.0422 e. The minimum Gasteiger partial charge on any atom is -0.324 e. The Morgan fingerprint density at radius 3 is 1.84 bits per heavy atom. The van der Waals surface area contributed by atoms with E-state index >= 15 is 0 Å². The quantitative estimate of drug-likeness (QED) is 0.863. The fraction of sp³-hybridized carbons (Fsp3) is 0.375. The number of hydrogen-bond donors (Lipinski definition) is 1. The number of pyridine rings is 2. The minimum atomic E-state index is -0.266. The van der Waals surface area contributed by atoms with Crippen LogP contribution in [0.5, 0.6) is 0 Å². The molecule has 0 aliphatic rings. The first kappa shape index (κ1) is 13.7. The average molecular weight is 255 g/mol. The van der Waals surface area contributed by atoms with Crippen LogP contribution in [-0.2, 0) is 12.8 Å². The molecule has 2 rings (SSSR count). The van der Waals surface area contributed by atoms with E-state index in [2.05, 4.69) is 16.9 Å². The highest BCUT2D eigenvalue weighted by Gasteiger charge is 2.25. The van der Waals surface area contributed by atoms with Crippen molar-refractivity contribution in [3.8, 4) is 0 Å². The van der Waals surface area contributed by atoms with E-state index in [4.69, 9.17) is 5.73 Å². The number of hydrogen-bond acceptors (Lipinski definition) is 3. The van der Waals surface area contributed by atoms with Gasteiger partial charge in [0.25, 0.3) is 0 Å². The monoisotopic (exact) mass is 255 g/mol. The van der Waals surface area contributed by atoms with Crippen molar-refractivity contribution in [1.29, 1.82) is 0 Å². The molecular formula is C16H21N3. The molecule has 100 valence electrons. The molecule has 0 aromatic carbocycles. The zero-order valence-corrected chi connectivity index (χ0v) is 11.4. The predicted octanol–water partition coefficient (Wildman–Crippen LogP) is 2.76. The maximum absolute atomic E-state index is 6.59. The Morgan fingerprint density at radius 2 is 1.47 bits per heavy atom. The van der Waals surface area contributed by atoms with Crippen molar-refractivity contribution < 1.29 is 0 Å². The van der Waals surface area contributed by atoms with Crippen molar-refractivity contribution in [2.75, 3.05) is 0 Å². The summed E-state index contributed by atoms with van der Waals surface area (Å²) in [6.07, 6.45) is 7.26. The summed E-state index contributed by atoms with van der Waals surface area (Å²) in [7, 11) is 0. The highest BCUT2D eigenvalue weighted by atomic mass is 14.8. The average Bonchev–Trinajstić information content (AvgIpc) is 2.41. The van der Waals surface area contributed by atoms with Crippen LogP contribution < -0.4 is 5.73 Å². The Morgan fingerprint density at radius 1 is 0.947 bits per heavy atom. The maximum atomic E-state index is 6.59. The van der Waals surface area contributed by atoms with E-state index in [-0.39, 0.29) is 5.54 Å². The lowest BCUT2D eigenvalue weighted by Gasteiger charge is -2.28. The number of aromatic nitrogens is 2. The van der Waals surface area contributed by atoms with Gasteiger partial charge in [0.15, 0.2) is 0 Å². The molecule has 0 saturated carbocycles. The third-order valence-corrected chi connectivity index (χ3v) is 3.27. The van der Waals surface area contributed by atoms with Crippen LogP contribution in [-0.4, -0.2) is 15.5 Å². The molecule has 0 saturated heterocycles. The molecule has 2 aromatic heterocycles. The first-order chi connectivity index (χ1) is 9.22. The zero-order chi connectivity index (χ0) is 13.6. The van der Waals surface area contributed by atoms with Crippen molar-refractivity contribution in [2.45, 2.75) is 38.1 Å². The number of nitrogens with two attached hydrogens (primary N) is 1. The molecule has 3 heteroatoms. The van der Waals surface area contributed by atoms with Gasteiger partial charge in [-0.3, -0.25) is 9.97 Å². The third-order valence-electron chi connectivity index (χ3n) is 3.27. The van der Waals surface area contributed by atoms with E-state index in [1.54, 1.807) is 0 Å². The standard InChI is InChI=1S/C16H21N3/c1-2-9-16(17,12-14-7-3-5-10-18-14)13-15-8-4-6-11-19-15/h3-8,10-11H,2,9,12-13,17H2,1H3. The van der Waals surface area contributed by atoms with Gasteiger partial charge in [-0.25, -0.2) is 0 Å². The van der Waals surface area contributed by atoms with Crippen LogP contribution in [0.25, 0.3) is 0 Å². The number of nitrogens with zero attached hydrogens (tertiary/aromatic N) is 2. The van der Waals surface area contributed by atoms with Crippen molar-refractivity contribution in [1.82, 2.24) is 9.97 Å². The van der Waals surface area contributed by atoms with Crippen molar-refractivity contribution in [3.63, 3.8) is 0 Å². The molecule has 0 bridgehead atoms. The van der Waals surface area contributed by atoms with E-state index in [0.717, 1.165) is 37.1 Å². The second-order valence-corrected chi connectivity index (χ2v) is 5.11. The van der Waals surface area contributed by atoms with Crippen LogP contribution >= 0.6 is 0 Å². The Hall–Kier alpha value is -1.74. The lowest BCUT2D eigenvalue weighted by Crippen LogP contribution is -2.44. The van der Waals surface area contributed by atoms with Crippen molar-refractivity contribution in [2.24, 2.45) is 5.73 Å². The molecule has 0 atom stereocenters. The molecule has 2 aromatic rings. The fourth-order valence-electron chi connectivity index (χ4n) is 2.46. The lowest BCUT2D eigenvalue weighted by molar-refractivity contribution is 0.376. The molecule has 0 unspecified atom stereocenters. The zero-order valence-electron chi connectivity index (χ0n) is 11.4. The topological polar surface area (TPSA) is 51.8 Å². The van der Waals surface area contributed by atoms with Gasteiger partial charge in [-0.1, -0.05) is 25.5 Å². The van der Waals surface area contributed by atoms with Crippen LogP contribution in [0.4, 0.5) is 0 Å². The minimum absolute atomic E-state index is 0.266. The van der Waals surface area contributed by atoms with E-state index in [1.807, 2.05) is 48.8 Å². The molecule has 19 heavy (non-hydrogen) atoms. The van der Waals surface area contributed by atoms with Crippen molar-refractivity contribution in [3.05, 3.63) is 60.2 Å². The van der Waals surface area contributed by atoms with Crippen molar-refractivity contribution >= 4 is 0 Å². The number of rotatable bonds is 6. The summed E-state index contributed by atoms with van der Waals surface area (Å²) in [6.45, 7) is 2.17. The summed E-state index contributed by atoms with van der Waals surface area (Å²) in [5.74, 6) is 0. The summed E-state index contributed by atoms with van der Waals surface area (Å²) in [5.41, 5.74) is 8.43. The fourth-order valence-corrected chi connectivity index (χ4v) is 2.46. The second-order valence-electron chi connectivity index (χ2n) is 5.11. The Bertz CT molecular complexity index is 440. The third kappa shape index (κ3) is 4.14. The lowest BCUT2D eigenvalue weighted by atomic mass is 9.85. The maximum Gasteiger partial charge on any atom is 0.0422 e. The van der Waals surface area contributed by atoms with E-state index in [0.29, 0.717) is 0 Å². The molecule has 0 aliphatic carbocycles. The van der Waals surface area contributed by atoms with E-state index in [1.165, 1.54) is 0 Å². The Labute approximate surface area is 114 Å². The van der Waals surface area contributed by atoms with Gasteiger partial charge in [0.2, 0.25) is 0 Å². The molecule has 0 amide bonds. The summed E-state index contributed by atoms with van der Waals surface area (Å²) < 4.78 is 0. The van der Waals surface area contributed by atoms with E-state index < -0.39 is 0 Å². The van der Waals surface area contributed by atoms with E-state index in [9.17, 15) is 0 Å². The summed E-state index contributed by atoms with van der Waals surface area (Å²) in [5, 5.41) is 0. The molecule has 0 spiro atoms. The van der Waals surface area contributed by atoms with Gasteiger partial charge >= 0.3 is 0 Å². The molecule has 2 heterocycles. The highest BCUT2D eigenvalue weighted by molar-refractivity contribution is 5.13. The van der Waals surface area contributed by atoms with Gasteiger partial charge in [-0.2, -0.15) is 0 Å². The highest BCUT2D eigenvalue weighted by Crippen LogP contribution is 2.20. The van der Waals surface area contributed by atoms with Gasteiger partial charge in [0, 0.05) is 42.2 Å². The molecule has 2 N–H and O–H groups in total. The first-order valence-electron chi connectivity index (χ1n) is 6.80. The van der Waals surface area contributed by atoms with Gasteiger partial charge < -0.3 is 5.73 Å². The largest absolute Gasteiger partial charge is 0.324 e. The van der Waals surface area contributed by atoms with Crippen LogP contribution in [0.3, 0.4) is 0 Å². The van der Waals surface area contributed by atoms with Crippen LogP contribution in [0.2, 0.25) is 0 Å². The van der Waals surface area contributed by atoms with Gasteiger partial charge in [-0.15, -0.1) is 0 Å². The molecule has 0 radical (unpaired) electrons. The Balaban J connectivity index is 2.13. The summed E-state index contributed by atoms with van der Waals surface area (Å²) in [4.78, 5) is 8.77. The summed E-state index contributed by atoms with van der Waals surface area (Å²) >= 11 is 0. The van der Waals surface area contributed by atoms with Gasteiger partial charge in [-0.05, 0) is 30.7 Å². The van der Waals surface area contributed by atoms with Crippen LogP contribution in [0, 0.1) is 0 Å². The molecular weight excluding hydrogens is 234 g/mol. The molecule has 0 fully saturated rings. The SMILES string of the molecule is CCCC(N)(Cc1ccccn1)Cc1ccccn1. The van der Waals surface area contributed by atoms with Crippen LogP contribution in [0.1, 0.15) is 31.2 Å². The molecule has 3 nitrogen and oxygen atoms in total. The summed E-state index contributed by atoms with van der Waals surface area (Å²) in [6, 6.07) is 12.0. The Kier molecular flexibility index (Phi) is 4.63. The predicted molar refractivity (Wildman–Crippen MR) is 77.7 cm³/mol. The first-order valence-corrected chi connectivity index (χ1v) is 6.80. The van der Waals surface area contributed by atoms with Gasteiger partial charge in [0.1, 0.15) is 0 Å². The molecule has 0 aliphatic heterocycles. The second kappa shape index (κ2) is 6.43. The normalized spacial score (nSPS) is 11.5.